The van der Waals surface area contributed by atoms with Crippen molar-refractivity contribution < 1.29 is 9.47 Å². The number of pyridine rings is 1. The summed E-state index contributed by atoms with van der Waals surface area (Å²) in [7, 11) is 3.44. The molecule has 6 heteroatoms. The fourth-order valence-corrected chi connectivity index (χ4v) is 2.41. The van der Waals surface area contributed by atoms with Gasteiger partial charge in [-0.05, 0) is 38.0 Å². The highest BCUT2D eigenvalue weighted by atomic mass is 16.5. The Hall–Kier alpha value is -2.76. The van der Waals surface area contributed by atoms with Crippen LogP contribution in [0.5, 0.6) is 11.6 Å². The molecule has 140 valence electrons. The maximum atomic E-state index is 5.55. The molecule has 2 aromatic rings. The quantitative estimate of drug-likeness (QED) is 0.589. The third-order valence-corrected chi connectivity index (χ3v) is 3.73. The molecule has 2 N–H and O–H groups in total. The Morgan fingerprint density at radius 3 is 2.54 bits per heavy atom. The van der Waals surface area contributed by atoms with Gasteiger partial charge >= 0.3 is 0 Å². The third kappa shape index (κ3) is 5.95. The van der Waals surface area contributed by atoms with Crippen molar-refractivity contribution in [2.75, 3.05) is 14.2 Å². The zero-order valence-corrected chi connectivity index (χ0v) is 16.2. The van der Waals surface area contributed by atoms with Gasteiger partial charge in [-0.1, -0.05) is 18.2 Å². The Kier molecular flexibility index (Phi) is 7.26. The average molecular weight is 356 g/mol. The number of methoxy groups -OCH3 is 1. The first-order chi connectivity index (χ1) is 12.5. The molecule has 0 saturated carbocycles. The van der Waals surface area contributed by atoms with E-state index in [1.807, 2.05) is 39.0 Å². The lowest BCUT2D eigenvalue weighted by atomic mass is 10.1. The molecule has 1 aromatic heterocycles. The van der Waals surface area contributed by atoms with E-state index >= 15 is 0 Å². The minimum atomic E-state index is 0.119. The van der Waals surface area contributed by atoms with E-state index in [0.717, 1.165) is 22.8 Å². The minimum Gasteiger partial charge on any atom is -0.496 e. The van der Waals surface area contributed by atoms with Crippen LogP contribution in [0.15, 0.2) is 41.5 Å². The van der Waals surface area contributed by atoms with Crippen LogP contribution in [0.4, 0.5) is 0 Å². The number of aryl methyl sites for hydroxylation is 1. The molecule has 0 aliphatic rings. The van der Waals surface area contributed by atoms with Crippen LogP contribution >= 0.6 is 0 Å². The maximum absolute atomic E-state index is 5.55. The van der Waals surface area contributed by atoms with E-state index in [1.54, 1.807) is 20.4 Å². The number of guanidine groups is 1. The Balaban J connectivity index is 1.88. The molecule has 0 fully saturated rings. The van der Waals surface area contributed by atoms with Crippen LogP contribution in [0.1, 0.15) is 30.5 Å². The van der Waals surface area contributed by atoms with Crippen LogP contribution in [0.3, 0.4) is 0 Å². The van der Waals surface area contributed by atoms with E-state index in [0.29, 0.717) is 19.0 Å². The summed E-state index contributed by atoms with van der Waals surface area (Å²) in [5, 5.41) is 6.58. The SMILES string of the molecule is CN=C(NCc1ccc(OC(C)C)nc1)NCc1ccc(C)cc1OC. The molecular formula is C20H28N4O2. The van der Waals surface area contributed by atoms with Crippen molar-refractivity contribution in [1.82, 2.24) is 15.6 Å². The van der Waals surface area contributed by atoms with Crippen LogP contribution in [0.2, 0.25) is 0 Å². The van der Waals surface area contributed by atoms with Gasteiger partial charge in [-0.3, -0.25) is 4.99 Å². The van der Waals surface area contributed by atoms with Gasteiger partial charge < -0.3 is 20.1 Å². The van der Waals surface area contributed by atoms with Gasteiger partial charge in [0.15, 0.2) is 5.96 Å². The summed E-state index contributed by atoms with van der Waals surface area (Å²) in [4.78, 5) is 8.56. The lowest BCUT2D eigenvalue weighted by Gasteiger charge is -2.14. The van der Waals surface area contributed by atoms with Gasteiger partial charge in [0.1, 0.15) is 5.75 Å². The predicted molar refractivity (Wildman–Crippen MR) is 105 cm³/mol. The number of nitrogens with zero attached hydrogens (tertiary/aromatic N) is 2. The van der Waals surface area contributed by atoms with E-state index < -0.39 is 0 Å². The maximum Gasteiger partial charge on any atom is 0.213 e. The number of aromatic nitrogens is 1. The number of ether oxygens (including phenoxy) is 2. The molecule has 1 heterocycles. The van der Waals surface area contributed by atoms with Gasteiger partial charge in [-0.25, -0.2) is 4.98 Å². The summed E-state index contributed by atoms with van der Waals surface area (Å²) in [6.45, 7) is 7.26. The van der Waals surface area contributed by atoms with Crippen molar-refractivity contribution >= 4 is 5.96 Å². The van der Waals surface area contributed by atoms with E-state index in [1.165, 1.54) is 5.56 Å². The lowest BCUT2D eigenvalue weighted by molar-refractivity contribution is 0.232. The average Bonchev–Trinajstić information content (AvgIpc) is 2.63. The zero-order chi connectivity index (χ0) is 18.9. The number of hydrogen-bond acceptors (Lipinski definition) is 4. The normalized spacial score (nSPS) is 11.4. The highest BCUT2D eigenvalue weighted by Gasteiger charge is 2.05. The molecule has 0 amide bonds. The van der Waals surface area contributed by atoms with Crippen LogP contribution in [0.25, 0.3) is 0 Å². The van der Waals surface area contributed by atoms with Crippen molar-refractivity contribution in [3.63, 3.8) is 0 Å². The van der Waals surface area contributed by atoms with Gasteiger partial charge in [-0.15, -0.1) is 0 Å². The second-order valence-electron chi connectivity index (χ2n) is 6.27. The van der Waals surface area contributed by atoms with Gasteiger partial charge in [-0.2, -0.15) is 0 Å². The molecule has 26 heavy (non-hydrogen) atoms. The summed E-state index contributed by atoms with van der Waals surface area (Å²) in [6.07, 6.45) is 1.93. The topological polar surface area (TPSA) is 67.8 Å². The molecule has 0 bridgehead atoms. The molecule has 2 rings (SSSR count). The standard InChI is InChI=1S/C20H28N4O2/c1-14(2)26-19-9-7-16(11-22-19)12-23-20(21-4)24-13-17-8-6-15(3)10-18(17)25-5/h6-11,14H,12-13H2,1-5H3,(H2,21,23,24). The molecule has 0 unspecified atom stereocenters. The Morgan fingerprint density at radius 1 is 1.15 bits per heavy atom. The van der Waals surface area contributed by atoms with Gasteiger partial charge in [0.05, 0.1) is 13.2 Å². The lowest BCUT2D eigenvalue weighted by Crippen LogP contribution is -2.36. The Bertz CT molecular complexity index is 727. The largest absolute Gasteiger partial charge is 0.496 e. The number of benzene rings is 1. The second kappa shape index (κ2) is 9.65. The fraction of sp³-hybridized carbons (Fsp3) is 0.400. The minimum absolute atomic E-state index is 0.119. The Morgan fingerprint density at radius 2 is 1.92 bits per heavy atom. The van der Waals surface area contributed by atoms with E-state index in [-0.39, 0.29) is 6.10 Å². The molecule has 0 spiro atoms. The smallest absolute Gasteiger partial charge is 0.213 e. The first kappa shape index (κ1) is 19.6. The molecular weight excluding hydrogens is 328 g/mol. The van der Waals surface area contributed by atoms with Crippen molar-refractivity contribution in [2.45, 2.75) is 40.0 Å². The number of rotatable bonds is 7. The van der Waals surface area contributed by atoms with Crippen LogP contribution in [-0.4, -0.2) is 31.2 Å². The summed E-state index contributed by atoms with van der Waals surface area (Å²) >= 11 is 0. The molecule has 0 aliphatic carbocycles. The molecule has 0 aliphatic heterocycles. The van der Waals surface area contributed by atoms with E-state index in [4.69, 9.17) is 9.47 Å². The van der Waals surface area contributed by atoms with Crippen LogP contribution in [0, 0.1) is 6.92 Å². The van der Waals surface area contributed by atoms with Crippen molar-refractivity contribution in [2.24, 2.45) is 4.99 Å². The number of aliphatic imine (C=N–C) groups is 1. The first-order valence-corrected chi connectivity index (χ1v) is 8.71. The van der Waals surface area contributed by atoms with Gasteiger partial charge in [0.2, 0.25) is 5.88 Å². The third-order valence-electron chi connectivity index (χ3n) is 3.73. The second-order valence-corrected chi connectivity index (χ2v) is 6.27. The van der Waals surface area contributed by atoms with Crippen LogP contribution in [-0.2, 0) is 13.1 Å². The Labute approximate surface area is 155 Å². The summed E-state index contributed by atoms with van der Waals surface area (Å²) in [5.41, 5.74) is 3.31. The zero-order valence-electron chi connectivity index (χ0n) is 16.2. The molecule has 0 saturated heterocycles. The molecule has 1 aromatic carbocycles. The summed E-state index contributed by atoms with van der Waals surface area (Å²) < 4.78 is 11.0. The summed E-state index contributed by atoms with van der Waals surface area (Å²) in [5.74, 6) is 2.23. The van der Waals surface area contributed by atoms with E-state index in [2.05, 4.69) is 32.7 Å². The molecule has 6 nitrogen and oxygen atoms in total. The predicted octanol–water partition coefficient (Wildman–Crippen LogP) is 3.05. The monoisotopic (exact) mass is 356 g/mol. The van der Waals surface area contributed by atoms with Gasteiger partial charge in [0.25, 0.3) is 0 Å². The number of hydrogen-bond donors (Lipinski definition) is 2. The highest BCUT2D eigenvalue weighted by Crippen LogP contribution is 2.19. The van der Waals surface area contributed by atoms with Gasteiger partial charge in [0, 0.05) is 38.0 Å². The van der Waals surface area contributed by atoms with Crippen molar-refractivity contribution in [3.05, 3.63) is 53.2 Å². The van der Waals surface area contributed by atoms with Crippen LogP contribution < -0.4 is 20.1 Å². The van der Waals surface area contributed by atoms with E-state index in [9.17, 15) is 0 Å². The number of nitrogens with one attached hydrogen (secondary N) is 2. The summed E-state index contributed by atoms with van der Waals surface area (Å²) in [6, 6.07) is 10.0. The first-order valence-electron chi connectivity index (χ1n) is 8.71. The highest BCUT2D eigenvalue weighted by molar-refractivity contribution is 5.79. The molecule has 0 radical (unpaired) electrons. The fourth-order valence-electron chi connectivity index (χ4n) is 2.41. The molecule has 0 atom stereocenters. The van der Waals surface area contributed by atoms with Crippen molar-refractivity contribution in [1.29, 1.82) is 0 Å². The van der Waals surface area contributed by atoms with Crippen molar-refractivity contribution in [3.8, 4) is 11.6 Å².